The third-order valence-electron chi connectivity index (χ3n) is 4.53. The highest BCUT2D eigenvalue weighted by Gasteiger charge is 2.23. The number of anilines is 1. The number of Topliss-reactive ketones (excluding diaryl/α,β-unsaturated/α-hetero) is 1. The molecule has 152 valence electrons. The predicted molar refractivity (Wildman–Crippen MR) is 114 cm³/mol. The first-order valence-corrected chi connectivity index (χ1v) is 9.87. The number of ketones is 1. The quantitative estimate of drug-likeness (QED) is 0.435. The molecule has 28 heavy (non-hydrogen) atoms. The second kappa shape index (κ2) is 11.6. The topological polar surface area (TPSA) is 61.8 Å². The molecule has 0 aliphatic heterocycles. The molecule has 0 heterocycles. The lowest BCUT2D eigenvalue weighted by atomic mass is 9.98. The predicted octanol–water partition coefficient (Wildman–Crippen LogP) is 2.92. The van der Waals surface area contributed by atoms with Crippen molar-refractivity contribution in [3.05, 3.63) is 65.7 Å². The number of ether oxygens (including phenoxy) is 1. The molecule has 2 aromatic rings. The minimum atomic E-state index is -0.651. The minimum Gasteiger partial charge on any atom is -0.389 e. The van der Waals surface area contributed by atoms with E-state index in [1.165, 1.54) is 0 Å². The molecule has 0 aromatic heterocycles. The summed E-state index contributed by atoms with van der Waals surface area (Å²) in [4.78, 5) is 15.1. The number of carbonyl (C=O) groups excluding carboxylic acids is 1. The van der Waals surface area contributed by atoms with Crippen LogP contribution in [0.3, 0.4) is 0 Å². The van der Waals surface area contributed by atoms with Crippen molar-refractivity contribution in [2.45, 2.75) is 32.0 Å². The number of para-hydroxylation sites is 1. The molecule has 5 heteroatoms. The first-order chi connectivity index (χ1) is 13.5. The highest BCUT2D eigenvalue weighted by atomic mass is 16.5. The molecule has 0 aliphatic rings. The highest BCUT2D eigenvalue weighted by Crippen LogP contribution is 2.22. The van der Waals surface area contributed by atoms with E-state index in [0.717, 1.165) is 24.2 Å². The van der Waals surface area contributed by atoms with Crippen LogP contribution >= 0.6 is 0 Å². The Morgan fingerprint density at radius 2 is 1.79 bits per heavy atom. The lowest BCUT2D eigenvalue weighted by molar-refractivity contribution is -0.00159. The largest absolute Gasteiger partial charge is 0.389 e. The van der Waals surface area contributed by atoms with E-state index in [0.29, 0.717) is 18.5 Å². The van der Waals surface area contributed by atoms with Gasteiger partial charge in [-0.1, -0.05) is 55.5 Å². The lowest BCUT2D eigenvalue weighted by Gasteiger charge is -2.23. The van der Waals surface area contributed by atoms with Crippen molar-refractivity contribution in [2.75, 3.05) is 38.7 Å². The van der Waals surface area contributed by atoms with Crippen molar-refractivity contribution in [3.63, 3.8) is 0 Å². The Hall–Kier alpha value is -2.21. The second-order valence-electron chi connectivity index (χ2n) is 7.14. The zero-order valence-electron chi connectivity index (χ0n) is 17.1. The van der Waals surface area contributed by atoms with Crippen LogP contribution in [0.1, 0.15) is 29.3 Å². The Labute approximate surface area is 168 Å². The third kappa shape index (κ3) is 6.75. The number of aliphatic hydroxyl groups excluding tert-OH is 1. The van der Waals surface area contributed by atoms with Crippen molar-refractivity contribution >= 4 is 11.5 Å². The lowest BCUT2D eigenvalue weighted by Crippen LogP contribution is -2.35. The van der Waals surface area contributed by atoms with Crippen molar-refractivity contribution in [2.24, 2.45) is 0 Å². The van der Waals surface area contributed by atoms with E-state index in [2.05, 4.69) is 12.2 Å². The van der Waals surface area contributed by atoms with Crippen LogP contribution in [-0.4, -0.2) is 56.9 Å². The average molecular weight is 385 g/mol. The van der Waals surface area contributed by atoms with Gasteiger partial charge in [0.25, 0.3) is 0 Å². The van der Waals surface area contributed by atoms with Crippen LogP contribution in [0, 0.1) is 0 Å². The Balaban J connectivity index is 2.14. The normalized spacial score (nSPS) is 13.1. The molecular formula is C23H32N2O3. The SMILES string of the molecule is CCCNCC(O)COC(Cc1ccccc1N(C)C)C(=O)c1ccccc1. The molecule has 0 saturated carbocycles. The van der Waals surface area contributed by atoms with Crippen molar-refractivity contribution in [1.82, 2.24) is 5.32 Å². The van der Waals surface area contributed by atoms with E-state index >= 15 is 0 Å². The van der Waals surface area contributed by atoms with Gasteiger partial charge in [-0.25, -0.2) is 0 Å². The molecule has 0 bridgehead atoms. The van der Waals surface area contributed by atoms with Crippen LogP contribution in [-0.2, 0) is 11.2 Å². The van der Waals surface area contributed by atoms with Gasteiger partial charge in [0.15, 0.2) is 5.78 Å². The van der Waals surface area contributed by atoms with Gasteiger partial charge in [0, 0.05) is 38.3 Å². The Bertz CT molecular complexity index is 719. The van der Waals surface area contributed by atoms with Crippen LogP contribution in [0.25, 0.3) is 0 Å². The molecule has 5 nitrogen and oxygen atoms in total. The maximum Gasteiger partial charge on any atom is 0.191 e. The fourth-order valence-electron chi connectivity index (χ4n) is 3.07. The van der Waals surface area contributed by atoms with Gasteiger partial charge in [-0.2, -0.15) is 0 Å². The third-order valence-corrected chi connectivity index (χ3v) is 4.53. The fourth-order valence-corrected chi connectivity index (χ4v) is 3.07. The van der Waals surface area contributed by atoms with E-state index < -0.39 is 12.2 Å². The number of nitrogens with zero attached hydrogens (tertiary/aromatic N) is 1. The Morgan fingerprint density at radius 3 is 2.46 bits per heavy atom. The molecule has 0 fully saturated rings. The first-order valence-electron chi connectivity index (χ1n) is 9.87. The van der Waals surface area contributed by atoms with Crippen molar-refractivity contribution < 1.29 is 14.6 Å². The summed E-state index contributed by atoms with van der Waals surface area (Å²) < 4.78 is 5.93. The molecule has 0 amide bonds. The summed E-state index contributed by atoms with van der Waals surface area (Å²) in [7, 11) is 3.97. The standard InChI is InChI=1S/C23H32N2O3/c1-4-14-24-16-20(26)17-28-22(23(27)18-10-6-5-7-11-18)15-19-12-8-9-13-21(19)25(2)3/h5-13,20,22,24,26H,4,14-17H2,1-3H3. The summed E-state index contributed by atoms with van der Waals surface area (Å²) in [6.07, 6.45) is 0.160. The van der Waals surface area contributed by atoms with E-state index in [9.17, 15) is 9.90 Å². The van der Waals surface area contributed by atoms with Gasteiger partial charge in [-0.05, 0) is 24.6 Å². The van der Waals surface area contributed by atoms with Gasteiger partial charge in [0.1, 0.15) is 6.10 Å². The minimum absolute atomic E-state index is 0.0668. The number of carbonyl (C=O) groups is 1. The van der Waals surface area contributed by atoms with Crippen LogP contribution < -0.4 is 10.2 Å². The van der Waals surface area contributed by atoms with Gasteiger partial charge >= 0.3 is 0 Å². The van der Waals surface area contributed by atoms with E-state index in [1.807, 2.05) is 61.5 Å². The van der Waals surface area contributed by atoms with E-state index in [-0.39, 0.29) is 12.4 Å². The maximum atomic E-state index is 13.1. The second-order valence-corrected chi connectivity index (χ2v) is 7.14. The average Bonchev–Trinajstić information content (AvgIpc) is 2.71. The first kappa shape index (κ1) is 22.1. The zero-order valence-corrected chi connectivity index (χ0v) is 17.1. The summed E-state index contributed by atoms with van der Waals surface area (Å²) in [6, 6.07) is 17.2. The number of hydrogen-bond acceptors (Lipinski definition) is 5. The molecule has 2 rings (SSSR count). The molecule has 2 N–H and O–H groups in total. The molecule has 0 aliphatic carbocycles. The number of nitrogens with one attached hydrogen (secondary N) is 1. The number of benzene rings is 2. The van der Waals surface area contributed by atoms with Gasteiger partial charge in [-0.15, -0.1) is 0 Å². The molecule has 2 unspecified atom stereocenters. The molecular weight excluding hydrogens is 352 g/mol. The van der Waals surface area contributed by atoms with Gasteiger partial charge in [-0.3, -0.25) is 4.79 Å². The zero-order chi connectivity index (χ0) is 20.4. The van der Waals surface area contributed by atoms with Crippen molar-refractivity contribution in [3.8, 4) is 0 Å². The van der Waals surface area contributed by atoms with Gasteiger partial charge in [0.2, 0.25) is 0 Å². The van der Waals surface area contributed by atoms with Gasteiger partial charge in [0.05, 0.1) is 12.7 Å². The monoisotopic (exact) mass is 384 g/mol. The molecule has 0 spiro atoms. The molecule has 0 saturated heterocycles. The van der Waals surface area contributed by atoms with Crippen LogP contribution in [0.4, 0.5) is 5.69 Å². The highest BCUT2D eigenvalue weighted by molar-refractivity contribution is 5.99. The number of rotatable bonds is 12. The Morgan fingerprint density at radius 1 is 1.11 bits per heavy atom. The Kier molecular flexibility index (Phi) is 9.14. The summed E-state index contributed by atoms with van der Waals surface area (Å²) in [5.74, 6) is -0.0668. The molecule has 0 radical (unpaired) electrons. The van der Waals surface area contributed by atoms with Gasteiger partial charge < -0.3 is 20.1 Å². The molecule has 2 aromatic carbocycles. The van der Waals surface area contributed by atoms with Crippen LogP contribution in [0.15, 0.2) is 54.6 Å². The maximum absolute atomic E-state index is 13.1. The smallest absolute Gasteiger partial charge is 0.191 e. The number of hydrogen-bond donors (Lipinski definition) is 2. The van der Waals surface area contributed by atoms with Crippen LogP contribution in [0.5, 0.6) is 0 Å². The van der Waals surface area contributed by atoms with E-state index in [1.54, 1.807) is 12.1 Å². The number of aliphatic hydroxyl groups is 1. The van der Waals surface area contributed by atoms with Crippen molar-refractivity contribution in [1.29, 1.82) is 0 Å². The molecule has 2 atom stereocenters. The summed E-state index contributed by atoms with van der Waals surface area (Å²) in [6.45, 7) is 3.49. The summed E-state index contributed by atoms with van der Waals surface area (Å²) in [5, 5.41) is 13.4. The van der Waals surface area contributed by atoms with Crippen LogP contribution in [0.2, 0.25) is 0 Å². The fraction of sp³-hybridized carbons (Fsp3) is 0.435. The van der Waals surface area contributed by atoms with E-state index in [4.69, 9.17) is 4.74 Å². The summed E-state index contributed by atoms with van der Waals surface area (Å²) >= 11 is 0. The summed E-state index contributed by atoms with van der Waals surface area (Å²) in [5.41, 5.74) is 2.72.